The number of nitrogens with zero attached hydrogens (tertiary/aromatic N) is 7. The number of aliphatic hydroxyl groups excluding tert-OH is 1. The number of carbonyl (C=O) groups excluding carboxylic acids is 1. The van der Waals surface area contributed by atoms with Crippen molar-refractivity contribution in [2.75, 3.05) is 24.6 Å². The van der Waals surface area contributed by atoms with Gasteiger partial charge in [-0.2, -0.15) is 5.26 Å². The molecule has 3 unspecified atom stereocenters. The normalized spacial score (nSPS) is 19.8. The maximum atomic E-state index is 12.6. The minimum Gasteiger partial charge on any atom is -0.476 e. The second-order valence-electron chi connectivity index (χ2n) is 10.6. The number of aromatic nitrogens is 4. The van der Waals surface area contributed by atoms with E-state index in [0.717, 1.165) is 12.2 Å². The van der Waals surface area contributed by atoms with Gasteiger partial charge in [-0.15, -0.1) is 5.10 Å². The second-order valence-corrected chi connectivity index (χ2v) is 10.6. The molecule has 6 heterocycles. The smallest absolute Gasteiger partial charge is 0.410 e. The summed E-state index contributed by atoms with van der Waals surface area (Å²) >= 11 is 0. The van der Waals surface area contributed by atoms with Crippen LogP contribution in [0.2, 0.25) is 0 Å². The van der Waals surface area contributed by atoms with Crippen LogP contribution >= 0.6 is 0 Å². The number of nitriles is 1. The molecule has 3 fully saturated rings. The number of aliphatic hydroxyl groups is 1. The number of hydrogen-bond acceptors (Lipinski definition) is 9. The van der Waals surface area contributed by atoms with E-state index in [9.17, 15) is 15.2 Å². The highest BCUT2D eigenvalue weighted by molar-refractivity contribution is 5.84. The van der Waals surface area contributed by atoms with Gasteiger partial charge in [-0.3, -0.25) is 9.88 Å². The van der Waals surface area contributed by atoms with Crippen LogP contribution in [0.4, 0.5) is 10.6 Å². The van der Waals surface area contributed by atoms with Gasteiger partial charge in [0.05, 0.1) is 48.4 Å². The number of pyridine rings is 1. The van der Waals surface area contributed by atoms with E-state index in [1.165, 1.54) is 0 Å². The molecule has 0 saturated carbocycles. The first-order chi connectivity index (χ1) is 17.6. The summed E-state index contributed by atoms with van der Waals surface area (Å²) in [5, 5.41) is 23.7. The molecule has 3 aliphatic rings. The summed E-state index contributed by atoms with van der Waals surface area (Å²) in [4.78, 5) is 25.9. The van der Waals surface area contributed by atoms with Gasteiger partial charge in [0.1, 0.15) is 23.1 Å². The van der Waals surface area contributed by atoms with Gasteiger partial charge in [-0.1, -0.05) is 0 Å². The number of rotatable bonds is 6. The molecular weight excluding hydrogens is 474 g/mol. The molecule has 0 aliphatic carbocycles. The highest BCUT2D eigenvalue weighted by Gasteiger charge is 2.49. The summed E-state index contributed by atoms with van der Waals surface area (Å²) in [5.41, 5.74) is 1.71. The zero-order valence-electron chi connectivity index (χ0n) is 21.5. The number of anilines is 1. The van der Waals surface area contributed by atoms with E-state index in [4.69, 9.17) is 9.47 Å². The molecule has 0 aromatic carbocycles. The average Bonchev–Trinajstić information content (AvgIpc) is 3.20. The largest absolute Gasteiger partial charge is 0.476 e. The van der Waals surface area contributed by atoms with Crippen molar-refractivity contribution in [3.05, 3.63) is 36.3 Å². The van der Waals surface area contributed by atoms with Crippen LogP contribution < -0.4 is 9.64 Å². The van der Waals surface area contributed by atoms with Crippen molar-refractivity contribution in [2.24, 2.45) is 0 Å². The first kappa shape index (κ1) is 24.8. The zero-order valence-corrected chi connectivity index (χ0v) is 21.5. The van der Waals surface area contributed by atoms with Crippen LogP contribution in [-0.4, -0.2) is 79.2 Å². The van der Waals surface area contributed by atoms with E-state index in [0.29, 0.717) is 41.8 Å². The summed E-state index contributed by atoms with van der Waals surface area (Å²) < 4.78 is 12.8. The third kappa shape index (κ3) is 4.89. The Labute approximate surface area is 215 Å². The maximum absolute atomic E-state index is 12.6. The molecule has 194 valence electrons. The van der Waals surface area contributed by atoms with Gasteiger partial charge in [-0.25, -0.2) is 14.3 Å². The zero-order chi connectivity index (χ0) is 26.3. The molecule has 0 radical (unpaired) electrons. The number of carbonyl (C=O) groups is 1. The molecule has 11 heteroatoms. The van der Waals surface area contributed by atoms with Crippen LogP contribution in [0.1, 0.15) is 46.1 Å². The van der Waals surface area contributed by atoms with Crippen molar-refractivity contribution in [1.82, 2.24) is 24.5 Å². The third-order valence-electron chi connectivity index (χ3n) is 6.55. The van der Waals surface area contributed by atoms with Crippen molar-refractivity contribution >= 4 is 17.4 Å². The Morgan fingerprint density at radius 3 is 2.65 bits per heavy atom. The highest BCUT2D eigenvalue weighted by Crippen LogP contribution is 2.36. The van der Waals surface area contributed by atoms with E-state index < -0.39 is 11.7 Å². The van der Waals surface area contributed by atoms with Crippen LogP contribution in [-0.2, 0) is 4.74 Å². The molecule has 3 aromatic heterocycles. The van der Waals surface area contributed by atoms with Gasteiger partial charge in [0.25, 0.3) is 5.88 Å². The Morgan fingerprint density at radius 2 is 2.03 bits per heavy atom. The molecule has 3 aliphatic heterocycles. The SMILES string of the molecule is CC(O)CCOc1nn2cccc(-c3cnc(N4CC5CC(C4)N5C(=O)OC(C)(C)C)cn3)c2c1C#N. The molecule has 1 N–H and O–H groups in total. The lowest BCUT2D eigenvalue weighted by Crippen LogP contribution is -2.70. The van der Waals surface area contributed by atoms with E-state index >= 15 is 0 Å². The molecular formula is C26H31N7O4. The molecule has 3 aromatic rings. The predicted octanol–water partition coefficient (Wildman–Crippen LogP) is 3.01. The lowest BCUT2D eigenvalue weighted by Gasteiger charge is -2.55. The summed E-state index contributed by atoms with van der Waals surface area (Å²) in [6.45, 7) is 8.91. The van der Waals surface area contributed by atoms with Crippen LogP contribution in [0.3, 0.4) is 0 Å². The Morgan fingerprint density at radius 1 is 1.27 bits per heavy atom. The molecule has 3 atom stereocenters. The predicted molar refractivity (Wildman–Crippen MR) is 135 cm³/mol. The molecule has 2 bridgehead atoms. The molecule has 6 rings (SSSR count). The minimum atomic E-state index is -0.517. The molecule has 0 spiro atoms. The van der Waals surface area contributed by atoms with Crippen LogP contribution in [0, 0.1) is 11.3 Å². The maximum Gasteiger partial charge on any atom is 0.410 e. The Kier molecular flexibility index (Phi) is 6.37. The third-order valence-corrected chi connectivity index (χ3v) is 6.55. The number of hydrogen-bond donors (Lipinski definition) is 1. The van der Waals surface area contributed by atoms with Gasteiger partial charge in [0, 0.05) is 31.3 Å². The summed E-state index contributed by atoms with van der Waals surface area (Å²) in [5.74, 6) is 0.965. The number of amides is 1. The summed E-state index contributed by atoms with van der Waals surface area (Å²) in [6.07, 6.45) is 5.81. The number of piperidine rings is 1. The molecule has 3 saturated heterocycles. The Balaban J connectivity index is 1.33. The van der Waals surface area contributed by atoms with Crippen molar-refractivity contribution in [3.63, 3.8) is 0 Å². The van der Waals surface area contributed by atoms with E-state index in [-0.39, 0.29) is 30.7 Å². The fourth-order valence-corrected chi connectivity index (χ4v) is 4.85. The molecule has 1 amide bonds. The van der Waals surface area contributed by atoms with Crippen LogP contribution in [0.5, 0.6) is 5.88 Å². The topological polar surface area (TPSA) is 129 Å². The number of ether oxygens (including phenoxy) is 2. The minimum absolute atomic E-state index is 0.0982. The monoisotopic (exact) mass is 505 g/mol. The second kappa shape index (κ2) is 9.52. The number of piperazine rings is 1. The number of fused-ring (bicyclic) bond motifs is 3. The van der Waals surface area contributed by atoms with Gasteiger partial charge >= 0.3 is 6.09 Å². The van der Waals surface area contributed by atoms with Crippen molar-refractivity contribution in [1.29, 1.82) is 5.26 Å². The van der Waals surface area contributed by atoms with E-state index in [1.54, 1.807) is 30.0 Å². The quantitative estimate of drug-likeness (QED) is 0.537. The van der Waals surface area contributed by atoms with Crippen molar-refractivity contribution in [2.45, 2.75) is 64.3 Å². The van der Waals surface area contributed by atoms with Gasteiger partial charge in [0.2, 0.25) is 0 Å². The fraction of sp³-hybridized carbons (Fsp3) is 0.500. The van der Waals surface area contributed by atoms with Crippen LogP contribution in [0.25, 0.3) is 16.8 Å². The average molecular weight is 506 g/mol. The molecule has 37 heavy (non-hydrogen) atoms. The Hall–Kier alpha value is -3.91. The first-order valence-corrected chi connectivity index (χ1v) is 12.5. The fourth-order valence-electron chi connectivity index (χ4n) is 4.85. The van der Waals surface area contributed by atoms with Gasteiger partial charge in [-0.05, 0) is 46.2 Å². The first-order valence-electron chi connectivity index (χ1n) is 12.5. The van der Waals surface area contributed by atoms with Crippen molar-refractivity contribution in [3.8, 4) is 23.2 Å². The van der Waals surface area contributed by atoms with Gasteiger partial charge in [0.15, 0.2) is 0 Å². The van der Waals surface area contributed by atoms with Gasteiger partial charge < -0.3 is 19.5 Å². The van der Waals surface area contributed by atoms with Crippen LogP contribution in [0.15, 0.2) is 30.7 Å². The summed E-state index contributed by atoms with van der Waals surface area (Å²) in [6, 6.07) is 6.09. The standard InChI is InChI=1S/C26H31N7O4/c1-16(34)7-9-36-24-20(11-27)23-19(6-5-8-32(23)30-24)21-12-29-22(13-28-21)31-14-17-10-18(15-31)33(17)25(35)37-26(2,3)4/h5-6,8,12-13,16-18,34H,7,9-10,14-15H2,1-4H3. The molecule has 11 nitrogen and oxygen atoms in total. The lowest BCUT2D eigenvalue weighted by molar-refractivity contribution is -0.0380. The Bertz CT molecular complexity index is 1330. The summed E-state index contributed by atoms with van der Waals surface area (Å²) in [7, 11) is 0. The van der Waals surface area contributed by atoms with E-state index in [1.807, 2.05) is 37.8 Å². The lowest BCUT2D eigenvalue weighted by atomic mass is 9.88. The highest BCUT2D eigenvalue weighted by atomic mass is 16.6. The van der Waals surface area contributed by atoms with Crippen molar-refractivity contribution < 1.29 is 19.4 Å². The van der Waals surface area contributed by atoms with E-state index in [2.05, 4.69) is 26.0 Å².